The van der Waals surface area contributed by atoms with Gasteiger partial charge in [-0.25, -0.2) is 0 Å². The van der Waals surface area contributed by atoms with Crippen LogP contribution in [0.1, 0.15) is 46.0 Å². The van der Waals surface area contributed by atoms with Crippen molar-refractivity contribution in [3.05, 3.63) is 0 Å². The van der Waals surface area contributed by atoms with E-state index in [0.29, 0.717) is 0 Å². The fourth-order valence-corrected chi connectivity index (χ4v) is 1.56. The van der Waals surface area contributed by atoms with Crippen LogP contribution in [0.25, 0.3) is 0 Å². The molecule has 0 spiro atoms. The van der Waals surface area contributed by atoms with Gasteiger partial charge < -0.3 is 16.4 Å². The highest BCUT2D eigenvalue weighted by Gasteiger charge is 2.15. The molecule has 104 valence electrons. The monoisotopic (exact) mass is 273 g/mol. The van der Waals surface area contributed by atoms with E-state index in [-0.39, 0.29) is 17.6 Å². The summed E-state index contributed by atoms with van der Waals surface area (Å²) in [5.41, 5.74) is 5.22. The molecular formula is C12H23N3O2S. The van der Waals surface area contributed by atoms with Crippen LogP contribution >= 0.6 is 12.2 Å². The van der Waals surface area contributed by atoms with Crippen molar-refractivity contribution in [3.8, 4) is 0 Å². The van der Waals surface area contributed by atoms with Crippen LogP contribution in [0.3, 0.4) is 0 Å². The maximum Gasteiger partial charge on any atom is 0.309 e. The Kier molecular flexibility index (Phi) is 9.18. The van der Waals surface area contributed by atoms with E-state index in [1.807, 2.05) is 6.92 Å². The van der Waals surface area contributed by atoms with E-state index in [2.05, 4.69) is 29.8 Å². The van der Waals surface area contributed by atoms with Crippen LogP contribution in [0.2, 0.25) is 0 Å². The summed E-state index contributed by atoms with van der Waals surface area (Å²) in [7, 11) is 0. The first-order valence-electron chi connectivity index (χ1n) is 6.34. The number of rotatable bonds is 8. The Morgan fingerprint density at radius 1 is 1.22 bits per heavy atom. The standard InChI is InChI=1S/C12H23N3O2S/c1-3-4-5-6-7-9(2)15-12(17)11(16)14-8-10(13)18/h9H,3-8H2,1-2H3,(H2,13,18)(H,14,16)(H,15,17). The quantitative estimate of drug-likeness (QED) is 0.348. The maximum atomic E-state index is 11.4. The van der Waals surface area contributed by atoms with Crippen LogP contribution < -0.4 is 16.4 Å². The minimum atomic E-state index is -0.691. The van der Waals surface area contributed by atoms with Gasteiger partial charge in [0.2, 0.25) is 0 Å². The third-order valence-corrected chi connectivity index (χ3v) is 2.64. The van der Waals surface area contributed by atoms with Crippen molar-refractivity contribution in [1.29, 1.82) is 0 Å². The zero-order valence-corrected chi connectivity index (χ0v) is 11.9. The van der Waals surface area contributed by atoms with Crippen molar-refractivity contribution < 1.29 is 9.59 Å². The van der Waals surface area contributed by atoms with E-state index in [4.69, 9.17) is 5.73 Å². The smallest absolute Gasteiger partial charge is 0.309 e. The number of thiocarbonyl (C=S) groups is 1. The molecule has 0 heterocycles. The molecule has 0 aromatic carbocycles. The summed E-state index contributed by atoms with van der Waals surface area (Å²) in [4.78, 5) is 22.9. The molecule has 0 aromatic heterocycles. The first kappa shape index (κ1) is 16.8. The average Bonchev–Trinajstić information content (AvgIpc) is 2.31. The van der Waals surface area contributed by atoms with Crippen LogP contribution in [0.4, 0.5) is 0 Å². The van der Waals surface area contributed by atoms with Crippen molar-refractivity contribution in [2.24, 2.45) is 5.73 Å². The molecule has 1 atom stereocenters. The molecule has 4 N–H and O–H groups in total. The molecule has 0 bridgehead atoms. The number of carbonyl (C=O) groups is 2. The van der Waals surface area contributed by atoms with Gasteiger partial charge in [-0.05, 0) is 13.3 Å². The van der Waals surface area contributed by atoms with E-state index in [9.17, 15) is 9.59 Å². The Hall–Kier alpha value is -1.17. The van der Waals surface area contributed by atoms with Crippen molar-refractivity contribution in [1.82, 2.24) is 10.6 Å². The lowest BCUT2D eigenvalue weighted by atomic mass is 10.1. The first-order chi connectivity index (χ1) is 8.47. The van der Waals surface area contributed by atoms with Gasteiger partial charge in [0.25, 0.3) is 0 Å². The van der Waals surface area contributed by atoms with Crippen LogP contribution in [0, 0.1) is 0 Å². The Bertz CT molecular complexity index is 295. The lowest BCUT2D eigenvalue weighted by Crippen LogP contribution is -2.45. The Balaban J connectivity index is 3.78. The lowest BCUT2D eigenvalue weighted by Gasteiger charge is -2.13. The van der Waals surface area contributed by atoms with Gasteiger partial charge in [0.1, 0.15) is 0 Å². The molecule has 0 saturated heterocycles. The number of hydrogen-bond acceptors (Lipinski definition) is 3. The van der Waals surface area contributed by atoms with Crippen LogP contribution in [0.15, 0.2) is 0 Å². The second-order valence-corrected chi connectivity index (χ2v) is 4.90. The van der Waals surface area contributed by atoms with Crippen molar-refractivity contribution in [2.75, 3.05) is 6.54 Å². The molecule has 0 fully saturated rings. The van der Waals surface area contributed by atoms with E-state index in [1.165, 1.54) is 12.8 Å². The topological polar surface area (TPSA) is 84.2 Å². The van der Waals surface area contributed by atoms with Gasteiger partial charge >= 0.3 is 11.8 Å². The molecule has 0 radical (unpaired) electrons. The third-order valence-electron chi connectivity index (χ3n) is 2.50. The number of nitrogens with one attached hydrogen (secondary N) is 2. The van der Waals surface area contributed by atoms with Gasteiger partial charge in [0.15, 0.2) is 0 Å². The number of amides is 2. The second-order valence-electron chi connectivity index (χ2n) is 4.37. The van der Waals surface area contributed by atoms with Gasteiger partial charge in [0.05, 0.1) is 11.5 Å². The Labute approximate surface area is 114 Å². The van der Waals surface area contributed by atoms with E-state index >= 15 is 0 Å². The Morgan fingerprint density at radius 3 is 2.44 bits per heavy atom. The molecular weight excluding hydrogens is 250 g/mol. The SMILES string of the molecule is CCCCCCC(C)NC(=O)C(=O)NCC(N)=S. The average molecular weight is 273 g/mol. The molecule has 0 saturated carbocycles. The molecule has 0 aliphatic carbocycles. The lowest BCUT2D eigenvalue weighted by molar-refractivity contribution is -0.139. The van der Waals surface area contributed by atoms with Gasteiger partial charge in [-0.2, -0.15) is 0 Å². The molecule has 0 aromatic rings. The number of hydrogen-bond donors (Lipinski definition) is 3. The van der Waals surface area contributed by atoms with Crippen molar-refractivity contribution in [2.45, 2.75) is 52.0 Å². The van der Waals surface area contributed by atoms with Crippen molar-refractivity contribution >= 4 is 29.0 Å². The maximum absolute atomic E-state index is 11.4. The molecule has 6 heteroatoms. The van der Waals surface area contributed by atoms with E-state index < -0.39 is 11.8 Å². The zero-order valence-electron chi connectivity index (χ0n) is 11.1. The normalized spacial score (nSPS) is 11.7. The summed E-state index contributed by atoms with van der Waals surface area (Å²) in [6, 6.07) is 0.00457. The van der Waals surface area contributed by atoms with Gasteiger partial charge in [-0.15, -0.1) is 0 Å². The summed E-state index contributed by atoms with van der Waals surface area (Å²) in [6.45, 7) is 4.09. The number of unbranched alkanes of at least 4 members (excludes halogenated alkanes) is 3. The highest BCUT2D eigenvalue weighted by molar-refractivity contribution is 7.80. The van der Waals surface area contributed by atoms with Gasteiger partial charge in [0, 0.05) is 6.04 Å². The molecule has 0 rings (SSSR count). The minimum Gasteiger partial charge on any atom is -0.392 e. The number of nitrogens with two attached hydrogens (primary N) is 1. The summed E-state index contributed by atoms with van der Waals surface area (Å²) in [6.07, 6.45) is 5.49. The molecule has 18 heavy (non-hydrogen) atoms. The molecule has 0 aliphatic rings. The summed E-state index contributed by atoms with van der Waals surface area (Å²) in [5.74, 6) is -1.32. The Morgan fingerprint density at radius 2 is 1.89 bits per heavy atom. The number of carbonyl (C=O) groups excluding carboxylic acids is 2. The highest BCUT2D eigenvalue weighted by Crippen LogP contribution is 2.04. The van der Waals surface area contributed by atoms with Gasteiger partial charge in [-0.3, -0.25) is 9.59 Å². The van der Waals surface area contributed by atoms with E-state index in [1.54, 1.807) is 0 Å². The van der Waals surface area contributed by atoms with E-state index in [0.717, 1.165) is 19.3 Å². The molecule has 2 amide bonds. The largest absolute Gasteiger partial charge is 0.392 e. The zero-order chi connectivity index (χ0) is 14.0. The van der Waals surface area contributed by atoms with Crippen LogP contribution in [-0.4, -0.2) is 29.4 Å². The summed E-state index contributed by atoms with van der Waals surface area (Å²) < 4.78 is 0. The molecule has 1 unspecified atom stereocenters. The van der Waals surface area contributed by atoms with Crippen LogP contribution in [0.5, 0.6) is 0 Å². The molecule has 0 aliphatic heterocycles. The summed E-state index contributed by atoms with van der Waals surface area (Å²) >= 11 is 4.60. The van der Waals surface area contributed by atoms with Gasteiger partial charge in [-0.1, -0.05) is 44.8 Å². The molecule has 5 nitrogen and oxygen atoms in total. The fraction of sp³-hybridized carbons (Fsp3) is 0.750. The highest BCUT2D eigenvalue weighted by atomic mass is 32.1. The predicted octanol–water partition coefficient (Wildman–Crippen LogP) is 0.864. The minimum absolute atomic E-state index is 0.00457. The third kappa shape index (κ3) is 8.92. The predicted molar refractivity (Wildman–Crippen MR) is 76.2 cm³/mol. The fourth-order valence-electron chi connectivity index (χ4n) is 1.49. The first-order valence-corrected chi connectivity index (χ1v) is 6.75. The van der Waals surface area contributed by atoms with Crippen LogP contribution in [-0.2, 0) is 9.59 Å². The van der Waals surface area contributed by atoms with Crippen molar-refractivity contribution in [3.63, 3.8) is 0 Å². The second kappa shape index (κ2) is 9.82. The summed E-state index contributed by atoms with van der Waals surface area (Å²) in [5, 5.41) is 4.99.